The molecule has 0 saturated carbocycles. The van der Waals surface area contributed by atoms with E-state index in [2.05, 4.69) is 31.9 Å². The van der Waals surface area contributed by atoms with Gasteiger partial charge in [-0.15, -0.1) is 11.6 Å². The molecule has 1 unspecified atom stereocenters. The molecule has 5 heteroatoms. The average Bonchev–Trinajstić information content (AvgIpc) is 2.79. The van der Waals surface area contributed by atoms with Crippen LogP contribution in [-0.2, 0) is 0 Å². The maximum Gasteiger partial charge on any atom is 0.169 e. The van der Waals surface area contributed by atoms with Crippen molar-refractivity contribution in [2.75, 3.05) is 7.11 Å². The molecular weight excluding hydrogens is 395 g/mol. The van der Waals surface area contributed by atoms with Gasteiger partial charge >= 0.3 is 0 Å². The van der Waals surface area contributed by atoms with Gasteiger partial charge in [-0.1, -0.05) is 15.9 Å². The van der Waals surface area contributed by atoms with Gasteiger partial charge in [0.25, 0.3) is 0 Å². The summed E-state index contributed by atoms with van der Waals surface area (Å²) < 4.78 is 12.7. The minimum Gasteiger partial charge on any atom is -0.496 e. The number of rotatable bonds is 3. The van der Waals surface area contributed by atoms with Gasteiger partial charge in [-0.3, -0.25) is 0 Å². The molecule has 1 aromatic heterocycles. The summed E-state index contributed by atoms with van der Waals surface area (Å²) in [7, 11) is 1.65. The maximum absolute atomic E-state index is 6.56. The van der Waals surface area contributed by atoms with Gasteiger partial charge in [0, 0.05) is 10.0 Å². The van der Waals surface area contributed by atoms with Gasteiger partial charge in [0.1, 0.15) is 16.9 Å². The fourth-order valence-electron chi connectivity index (χ4n) is 2.06. The Kier molecular flexibility index (Phi) is 4.64. The predicted octanol–water partition coefficient (Wildman–Crippen LogP) is 5.76. The minimum absolute atomic E-state index is 0.391. The quantitative estimate of drug-likeness (QED) is 0.603. The summed E-state index contributed by atoms with van der Waals surface area (Å²) >= 11 is 13.4. The number of halogens is 3. The van der Waals surface area contributed by atoms with Gasteiger partial charge in [-0.05, 0) is 59.1 Å². The smallest absolute Gasteiger partial charge is 0.169 e. The maximum atomic E-state index is 6.56. The first-order valence-electron chi connectivity index (χ1n) is 5.68. The molecular formula is C14H13Br2ClO2. The standard InChI is InChI=1S/C14H13Br2ClO2/c1-7-6-9(15)8(2)12(14(7)18-3)13(17)10-4-5-11(16)19-10/h4-6,13H,1-3H3. The minimum atomic E-state index is -0.391. The largest absolute Gasteiger partial charge is 0.496 e. The van der Waals surface area contributed by atoms with E-state index in [9.17, 15) is 0 Å². The van der Waals surface area contributed by atoms with Crippen molar-refractivity contribution in [3.8, 4) is 5.75 Å². The predicted molar refractivity (Wildman–Crippen MR) is 84.3 cm³/mol. The number of aryl methyl sites for hydroxylation is 1. The molecule has 2 aromatic rings. The summed E-state index contributed by atoms with van der Waals surface area (Å²) in [5, 5.41) is -0.391. The molecule has 1 aromatic carbocycles. The van der Waals surface area contributed by atoms with Gasteiger partial charge in [-0.25, -0.2) is 0 Å². The molecule has 102 valence electrons. The van der Waals surface area contributed by atoms with E-state index in [1.165, 1.54) is 0 Å². The first-order valence-corrected chi connectivity index (χ1v) is 7.70. The lowest BCUT2D eigenvalue weighted by Gasteiger charge is -2.18. The summed E-state index contributed by atoms with van der Waals surface area (Å²) in [6.45, 7) is 4.00. The molecule has 0 aliphatic heterocycles. The van der Waals surface area contributed by atoms with Crippen LogP contribution in [0, 0.1) is 13.8 Å². The second kappa shape index (κ2) is 5.90. The van der Waals surface area contributed by atoms with E-state index in [4.69, 9.17) is 20.8 Å². The molecule has 0 aliphatic rings. The van der Waals surface area contributed by atoms with E-state index in [1.54, 1.807) is 7.11 Å². The van der Waals surface area contributed by atoms with Crippen molar-refractivity contribution in [3.05, 3.63) is 49.8 Å². The second-order valence-electron chi connectivity index (χ2n) is 4.25. The van der Waals surface area contributed by atoms with E-state index in [0.29, 0.717) is 10.4 Å². The van der Waals surface area contributed by atoms with Crippen molar-refractivity contribution in [1.29, 1.82) is 0 Å². The third-order valence-electron chi connectivity index (χ3n) is 3.01. The van der Waals surface area contributed by atoms with Crippen LogP contribution in [0.2, 0.25) is 0 Å². The van der Waals surface area contributed by atoms with Crippen LogP contribution < -0.4 is 4.74 Å². The topological polar surface area (TPSA) is 22.4 Å². The van der Waals surface area contributed by atoms with Crippen molar-refractivity contribution >= 4 is 43.5 Å². The zero-order valence-electron chi connectivity index (χ0n) is 10.8. The summed E-state index contributed by atoms with van der Waals surface area (Å²) in [4.78, 5) is 0. The summed E-state index contributed by atoms with van der Waals surface area (Å²) in [6, 6.07) is 5.72. The first-order chi connectivity index (χ1) is 8.95. The van der Waals surface area contributed by atoms with Crippen molar-refractivity contribution in [3.63, 3.8) is 0 Å². The lowest BCUT2D eigenvalue weighted by Crippen LogP contribution is -2.02. The number of hydrogen-bond donors (Lipinski definition) is 0. The molecule has 0 saturated heterocycles. The fourth-order valence-corrected chi connectivity index (χ4v) is 3.31. The van der Waals surface area contributed by atoms with Gasteiger partial charge in [0.2, 0.25) is 0 Å². The summed E-state index contributed by atoms with van der Waals surface area (Å²) in [5.74, 6) is 1.49. The highest BCUT2D eigenvalue weighted by molar-refractivity contribution is 9.10. The summed E-state index contributed by atoms with van der Waals surface area (Å²) in [6.07, 6.45) is 0. The third kappa shape index (κ3) is 2.86. The van der Waals surface area contributed by atoms with Gasteiger partial charge in [-0.2, -0.15) is 0 Å². The molecule has 0 spiro atoms. The number of methoxy groups -OCH3 is 1. The van der Waals surface area contributed by atoms with Crippen LogP contribution >= 0.6 is 43.5 Å². The van der Waals surface area contributed by atoms with E-state index < -0.39 is 5.38 Å². The van der Waals surface area contributed by atoms with Crippen molar-refractivity contribution in [1.82, 2.24) is 0 Å². The molecule has 2 rings (SSSR count). The highest BCUT2D eigenvalue weighted by Crippen LogP contribution is 2.42. The van der Waals surface area contributed by atoms with Crippen LogP contribution in [0.15, 0.2) is 31.8 Å². The molecule has 0 amide bonds. The van der Waals surface area contributed by atoms with Crippen molar-refractivity contribution in [2.45, 2.75) is 19.2 Å². The van der Waals surface area contributed by atoms with Gasteiger partial charge in [0.15, 0.2) is 4.67 Å². The van der Waals surface area contributed by atoms with Crippen LogP contribution in [0.1, 0.15) is 27.8 Å². The van der Waals surface area contributed by atoms with Crippen LogP contribution in [-0.4, -0.2) is 7.11 Å². The highest BCUT2D eigenvalue weighted by Gasteiger charge is 2.24. The number of benzene rings is 1. The number of furan rings is 1. The third-order valence-corrected chi connectivity index (χ3v) is 4.69. The fraction of sp³-hybridized carbons (Fsp3) is 0.286. The molecule has 0 fully saturated rings. The van der Waals surface area contributed by atoms with E-state index >= 15 is 0 Å². The Morgan fingerprint density at radius 3 is 2.47 bits per heavy atom. The van der Waals surface area contributed by atoms with Crippen LogP contribution in [0.25, 0.3) is 0 Å². The molecule has 0 bridgehead atoms. The van der Waals surface area contributed by atoms with Crippen LogP contribution in [0.4, 0.5) is 0 Å². The molecule has 0 radical (unpaired) electrons. The van der Waals surface area contributed by atoms with E-state index in [-0.39, 0.29) is 0 Å². The Balaban J connectivity index is 2.60. The lowest BCUT2D eigenvalue weighted by molar-refractivity contribution is 0.403. The molecule has 2 nitrogen and oxygen atoms in total. The number of hydrogen-bond acceptors (Lipinski definition) is 2. The highest BCUT2D eigenvalue weighted by atomic mass is 79.9. The van der Waals surface area contributed by atoms with Crippen molar-refractivity contribution in [2.24, 2.45) is 0 Å². The molecule has 0 N–H and O–H groups in total. The molecule has 1 atom stereocenters. The SMILES string of the molecule is COc1c(C)cc(Br)c(C)c1C(Cl)c1ccc(Br)o1. The Hall–Kier alpha value is -0.450. The Morgan fingerprint density at radius 1 is 1.26 bits per heavy atom. The normalized spacial score (nSPS) is 12.5. The molecule has 0 aliphatic carbocycles. The van der Waals surface area contributed by atoms with E-state index in [0.717, 1.165) is 26.9 Å². The zero-order chi connectivity index (χ0) is 14.2. The molecule has 19 heavy (non-hydrogen) atoms. The van der Waals surface area contributed by atoms with Crippen LogP contribution in [0.5, 0.6) is 5.75 Å². The number of alkyl halides is 1. The average molecular weight is 409 g/mol. The van der Waals surface area contributed by atoms with Gasteiger partial charge in [0.05, 0.1) is 7.11 Å². The van der Waals surface area contributed by atoms with E-state index in [1.807, 2.05) is 32.0 Å². The monoisotopic (exact) mass is 406 g/mol. The second-order valence-corrected chi connectivity index (χ2v) is 6.32. The number of ether oxygens (including phenoxy) is 1. The van der Waals surface area contributed by atoms with Crippen molar-refractivity contribution < 1.29 is 9.15 Å². The Labute approximate surface area is 134 Å². The molecule has 1 heterocycles. The van der Waals surface area contributed by atoms with Crippen LogP contribution in [0.3, 0.4) is 0 Å². The lowest BCUT2D eigenvalue weighted by atomic mass is 9.99. The van der Waals surface area contributed by atoms with Gasteiger partial charge < -0.3 is 9.15 Å². The summed E-state index contributed by atoms with van der Waals surface area (Å²) in [5.41, 5.74) is 3.01. The Morgan fingerprint density at radius 2 is 1.95 bits per heavy atom. The first kappa shape index (κ1) is 14.9. The zero-order valence-corrected chi connectivity index (χ0v) is 14.7. The Bertz CT molecular complexity index is 608.